The Hall–Kier alpha value is -3.42. The summed E-state index contributed by atoms with van der Waals surface area (Å²) in [5.41, 5.74) is 11.4. The number of nitrogen functional groups attached to an aromatic ring is 1. The summed E-state index contributed by atoms with van der Waals surface area (Å²) in [6.07, 6.45) is 10.8. The molecule has 1 unspecified atom stereocenters. The van der Waals surface area contributed by atoms with Crippen molar-refractivity contribution in [1.29, 1.82) is 0 Å². The van der Waals surface area contributed by atoms with Gasteiger partial charge in [0.1, 0.15) is 11.6 Å². The van der Waals surface area contributed by atoms with Gasteiger partial charge in [0.2, 0.25) is 0 Å². The van der Waals surface area contributed by atoms with Gasteiger partial charge in [0, 0.05) is 31.2 Å². The Balaban J connectivity index is 1.11. The number of carbonyl (C=O) groups excluding carboxylic acids is 1. The molecule has 0 bridgehead atoms. The van der Waals surface area contributed by atoms with Crippen LogP contribution in [0, 0.1) is 12.3 Å². The lowest BCUT2D eigenvalue weighted by Gasteiger charge is -2.19. The maximum atomic E-state index is 12.8. The van der Waals surface area contributed by atoms with E-state index in [9.17, 15) is 4.79 Å². The minimum absolute atomic E-state index is 0.0412. The second-order valence-corrected chi connectivity index (χ2v) is 9.84. The van der Waals surface area contributed by atoms with E-state index in [0.717, 1.165) is 54.1 Å². The fraction of sp³-hybridized carbons (Fsp3) is 0.440. The molecule has 0 aromatic carbocycles. The molecule has 1 amide bonds. The first kappa shape index (κ1) is 20.2. The summed E-state index contributed by atoms with van der Waals surface area (Å²) in [4.78, 5) is 24.3. The van der Waals surface area contributed by atoms with E-state index < -0.39 is 0 Å². The van der Waals surface area contributed by atoms with Crippen LogP contribution < -0.4 is 16.0 Å². The van der Waals surface area contributed by atoms with Crippen molar-refractivity contribution in [2.24, 2.45) is 5.41 Å². The molecule has 3 aliphatic rings. The van der Waals surface area contributed by atoms with Gasteiger partial charge < -0.3 is 16.0 Å². The van der Waals surface area contributed by atoms with Gasteiger partial charge in [-0.05, 0) is 73.3 Å². The Morgan fingerprint density at radius 2 is 2.15 bits per heavy atom. The van der Waals surface area contributed by atoms with E-state index >= 15 is 0 Å². The summed E-state index contributed by atoms with van der Waals surface area (Å²) in [5.74, 6) is 1.51. The molecule has 4 heterocycles. The third-order valence-corrected chi connectivity index (χ3v) is 7.62. The normalized spacial score (nSPS) is 20.3. The van der Waals surface area contributed by atoms with Crippen LogP contribution in [0.15, 0.2) is 36.8 Å². The number of hydrogen-bond donors (Lipinski definition) is 2. The number of hydrogen-bond acceptors (Lipinski definition) is 6. The lowest BCUT2D eigenvalue weighted by molar-refractivity contribution is 0.0936. The van der Waals surface area contributed by atoms with Crippen LogP contribution in [-0.4, -0.2) is 38.7 Å². The predicted molar refractivity (Wildman–Crippen MR) is 126 cm³/mol. The number of nitrogens with zero attached hydrogens (tertiary/aromatic N) is 5. The molecule has 6 rings (SSSR count). The summed E-state index contributed by atoms with van der Waals surface area (Å²) in [6.45, 7) is 4.89. The average Bonchev–Trinajstić information content (AvgIpc) is 3.13. The van der Waals surface area contributed by atoms with Gasteiger partial charge in [0.15, 0.2) is 0 Å². The van der Waals surface area contributed by atoms with Crippen LogP contribution in [0.2, 0.25) is 0 Å². The third-order valence-electron chi connectivity index (χ3n) is 7.62. The Morgan fingerprint density at radius 1 is 1.27 bits per heavy atom. The molecule has 170 valence electrons. The number of fused-ring (bicyclic) bond motifs is 1. The molecule has 8 nitrogen and oxygen atoms in total. The molecule has 1 aliphatic heterocycles. The molecule has 3 aromatic heterocycles. The highest BCUT2D eigenvalue weighted by atomic mass is 16.1. The Morgan fingerprint density at radius 3 is 2.94 bits per heavy atom. The number of carbonyl (C=O) groups is 1. The molecule has 8 heteroatoms. The summed E-state index contributed by atoms with van der Waals surface area (Å²) in [6, 6.07) is 6.17. The molecule has 3 N–H and O–H groups in total. The summed E-state index contributed by atoms with van der Waals surface area (Å²) in [7, 11) is 0. The number of amides is 1. The first-order chi connectivity index (χ1) is 16.0. The summed E-state index contributed by atoms with van der Waals surface area (Å²) in [5, 5.41) is 7.55. The number of aryl methyl sites for hydroxylation is 1. The number of aromatic nitrogens is 4. The number of nitrogens with one attached hydrogen (secondary N) is 1. The van der Waals surface area contributed by atoms with Crippen LogP contribution in [-0.2, 0) is 13.0 Å². The highest BCUT2D eigenvalue weighted by molar-refractivity contribution is 5.94. The van der Waals surface area contributed by atoms with Crippen molar-refractivity contribution in [2.75, 3.05) is 23.7 Å². The molecular formula is C25H29N7O. The van der Waals surface area contributed by atoms with E-state index in [0.29, 0.717) is 23.3 Å². The minimum Gasteiger partial charge on any atom is -0.383 e. The number of rotatable bonds is 5. The van der Waals surface area contributed by atoms with Crippen molar-refractivity contribution >= 4 is 17.5 Å². The smallest absolute Gasteiger partial charge is 0.254 e. The van der Waals surface area contributed by atoms with Crippen molar-refractivity contribution in [3.05, 3.63) is 64.7 Å². The van der Waals surface area contributed by atoms with Gasteiger partial charge in [-0.1, -0.05) is 6.07 Å². The van der Waals surface area contributed by atoms with Crippen LogP contribution in [0.1, 0.15) is 64.5 Å². The zero-order valence-corrected chi connectivity index (χ0v) is 18.9. The maximum Gasteiger partial charge on any atom is 0.254 e. The maximum absolute atomic E-state index is 12.8. The molecule has 1 spiro atoms. The fourth-order valence-electron chi connectivity index (χ4n) is 5.34. The molecular weight excluding hydrogens is 414 g/mol. The Bertz CT molecular complexity index is 1230. The van der Waals surface area contributed by atoms with E-state index in [4.69, 9.17) is 10.7 Å². The number of anilines is 2. The zero-order chi connectivity index (χ0) is 22.6. The predicted octanol–water partition coefficient (Wildman–Crippen LogP) is 3.02. The van der Waals surface area contributed by atoms with E-state index in [-0.39, 0.29) is 11.9 Å². The second-order valence-electron chi connectivity index (χ2n) is 9.84. The van der Waals surface area contributed by atoms with Crippen molar-refractivity contribution < 1.29 is 4.79 Å². The molecule has 2 fully saturated rings. The molecule has 1 atom stereocenters. The molecule has 2 aliphatic carbocycles. The first-order valence-electron chi connectivity index (χ1n) is 11.8. The number of pyridine rings is 2. The summed E-state index contributed by atoms with van der Waals surface area (Å²) >= 11 is 0. The average molecular weight is 444 g/mol. The van der Waals surface area contributed by atoms with Gasteiger partial charge in [-0.25, -0.2) is 9.97 Å². The second kappa shape index (κ2) is 7.57. The van der Waals surface area contributed by atoms with Crippen LogP contribution >= 0.6 is 0 Å². The quantitative estimate of drug-likeness (QED) is 0.629. The molecule has 3 aromatic rings. The highest BCUT2D eigenvalue weighted by Gasteiger charge is 2.47. The van der Waals surface area contributed by atoms with Crippen molar-refractivity contribution in [1.82, 2.24) is 25.1 Å². The minimum atomic E-state index is -0.122. The van der Waals surface area contributed by atoms with E-state index in [1.165, 1.54) is 19.3 Å². The molecule has 0 radical (unpaired) electrons. The SMILES string of the molecule is Cc1nc(N2CCC3(CC3)C2)ccc1Cn1cc(C(=O)NC2CCc3c2ccnc3N)cn1. The first-order valence-corrected chi connectivity index (χ1v) is 11.8. The van der Waals surface area contributed by atoms with Crippen LogP contribution in [0.25, 0.3) is 0 Å². The fourth-order valence-corrected chi connectivity index (χ4v) is 5.34. The largest absolute Gasteiger partial charge is 0.383 e. The third kappa shape index (κ3) is 3.73. The van der Waals surface area contributed by atoms with E-state index in [1.54, 1.807) is 23.3 Å². The molecule has 1 saturated heterocycles. The van der Waals surface area contributed by atoms with Gasteiger partial charge in [-0.2, -0.15) is 5.10 Å². The Kier molecular flexibility index (Phi) is 4.64. The lowest BCUT2D eigenvalue weighted by Crippen LogP contribution is -2.26. The van der Waals surface area contributed by atoms with E-state index in [1.807, 2.05) is 6.07 Å². The Labute approximate surface area is 193 Å². The zero-order valence-electron chi connectivity index (χ0n) is 18.9. The van der Waals surface area contributed by atoms with Crippen LogP contribution in [0.4, 0.5) is 11.6 Å². The van der Waals surface area contributed by atoms with Crippen LogP contribution in [0.3, 0.4) is 0 Å². The van der Waals surface area contributed by atoms with Crippen molar-refractivity contribution in [3.63, 3.8) is 0 Å². The van der Waals surface area contributed by atoms with Crippen molar-refractivity contribution in [2.45, 2.75) is 51.6 Å². The van der Waals surface area contributed by atoms with Gasteiger partial charge in [0.05, 0.1) is 24.3 Å². The van der Waals surface area contributed by atoms with E-state index in [2.05, 4.69) is 39.4 Å². The standard InChI is InChI=1S/C25H29N7O/c1-16-17(2-5-22(29-16)31-11-9-25(15-31)7-8-25)13-32-14-18(12-28-32)24(33)30-21-4-3-20-19(21)6-10-27-23(20)26/h2,5-6,10,12,14,21H,3-4,7-9,11,13,15H2,1H3,(H2,26,27)(H,30,33). The van der Waals surface area contributed by atoms with Crippen molar-refractivity contribution in [3.8, 4) is 0 Å². The van der Waals surface area contributed by atoms with Gasteiger partial charge in [-0.15, -0.1) is 0 Å². The van der Waals surface area contributed by atoms with Gasteiger partial charge >= 0.3 is 0 Å². The lowest BCUT2D eigenvalue weighted by atomic mass is 10.1. The highest BCUT2D eigenvalue weighted by Crippen LogP contribution is 2.53. The summed E-state index contributed by atoms with van der Waals surface area (Å²) < 4.78 is 1.80. The molecule has 1 saturated carbocycles. The topological polar surface area (TPSA) is 102 Å². The van der Waals surface area contributed by atoms with Crippen LogP contribution in [0.5, 0.6) is 0 Å². The van der Waals surface area contributed by atoms with Gasteiger partial charge in [-0.3, -0.25) is 9.48 Å². The number of nitrogens with two attached hydrogens (primary N) is 1. The molecule has 33 heavy (non-hydrogen) atoms. The van der Waals surface area contributed by atoms with Gasteiger partial charge in [0.25, 0.3) is 5.91 Å². The monoisotopic (exact) mass is 443 g/mol.